The normalized spacial score (nSPS) is 10.4. The number of hydrogen-bond donors (Lipinski definition) is 2. The molecule has 3 N–H and O–H groups in total. The van der Waals surface area contributed by atoms with Gasteiger partial charge in [0.15, 0.2) is 0 Å². The van der Waals surface area contributed by atoms with Gasteiger partial charge in [0.05, 0.1) is 0 Å². The molecule has 0 atom stereocenters. The number of rotatable bonds is 7. The summed E-state index contributed by atoms with van der Waals surface area (Å²) in [4.78, 5) is 11.5. The summed E-state index contributed by atoms with van der Waals surface area (Å²) in [6.07, 6.45) is 3.07. The molecule has 0 aliphatic carbocycles. The molecular weight excluding hydrogens is 234 g/mol. The number of aliphatic carboxylic acids is 1. The van der Waals surface area contributed by atoms with Gasteiger partial charge >= 0.3 is 5.97 Å². The third kappa shape index (κ3) is 5.63. The first-order valence-electron chi connectivity index (χ1n) is 5.80. The van der Waals surface area contributed by atoms with Gasteiger partial charge in [0.2, 0.25) is 0 Å². The molecule has 1 aromatic rings. The van der Waals surface area contributed by atoms with Crippen LogP contribution in [0.5, 0.6) is 0 Å². The zero-order valence-corrected chi connectivity index (χ0v) is 10.9. The third-order valence-corrected chi connectivity index (χ3v) is 3.75. The van der Waals surface area contributed by atoms with E-state index in [0.717, 1.165) is 30.7 Å². The van der Waals surface area contributed by atoms with Crippen molar-refractivity contribution in [1.29, 1.82) is 0 Å². The summed E-state index contributed by atoms with van der Waals surface area (Å²) in [5.74, 6) is 0.313. The highest BCUT2D eigenvalue weighted by atomic mass is 32.2. The van der Waals surface area contributed by atoms with Crippen molar-refractivity contribution in [2.45, 2.75) is 37.5 Å². The number of thioether (sulfide) groups is 1. The summed E-state index contributed by atoms with van der Waals surface area (Å²) in [5.41, 5.74) is 7.77. The second kappa shape index (κ2) is 7.22. The van der Waals surface area contributed by atoms with Gasteiger partial charge in [-0.1, -0.05) is 12.5 Å². The van der Waals surface area contributed by atoms with Crippen LogP contribution in [0.2, 0.25) is 0 Å². The van der Waals surface area contributed by atoms with E-state index in [2.05, 4.69) is 6.92 Å². The maximum absolute atomic E-state index is 10.3. The van der Waals surface area contributed by atoms with Crippen molar-refractivity contribution in [2.24, 2.45) is 0 Å². The first-order chi connectivity index (χ1) is 8.09. The molecule has 17 heavy (non-hydrogen) atoms. The van der Waals surface area contributed by atoms with E-state index in [-0.39, 0.29) is 6.42 Å². The smallest absolute Gasteiger partial charge is 0.303 e. The number of carboxylic acid groups (broad SMARTS) is 1. The van der Waals surface area contributed by atoms with Gasteiger partial charge in [-0.15, -0.1) is 11.8 Å². The Morgan fingerprint density at radius 2 is 2.12 bits per heavy atom. The maximum Gasteiger partial charge on any atom is 0.303 e. The number of hydrogen-bond acceptors (Lipinski definition) is 3. The lowest BCUT2D eigenvalue weighted by Gasteiger charge is -2.06. The number of nitrogen functional groups attached to an aromatic ring is 1. The molecule has 0 radical (unpaired) electrons. The summed E-state index contributed by atoms with van der Waals surface area (Å²) >= 11 is 1.79. The van der Waals surface area contributed by atoms with E-state index in [4.69, 9.17) is 10.8 Å². The van der Waals surface area contributed by atoms with Crippen LogP contribution in [0.1, 0.15) is 31.2 Å². The Hall–Kier alpha value is -1.16. The molecule has 0 heterocycles. The molecular formula is C13H19NO2S. The van der Waals surface area contributed by atoms with Crippen LogP contribution in [-0.4, -0.2) is 16.8 Å². The molecule has 1 aromatic carbocycles. The Labute approximate surface area is 106 Å². The molecule has 0 aromatic heterocycles. The van der Waals surface area contributed by atoms with Crippen LogP contribution in [0.15, 0.2) is 23.1 Å². The fourth-order valence-corrected chi connectivity index (χ4v) is 2.59. The van der Waals surface area contributed by atoms with Crippen molar-refractivity contribution in [3.63, 3.8) is 0 Å². The minimum absolute atomic E-state index is 0.280. The van der Waals surface area contributed by atoms with E-state index in [1.807, 2.05) is 18.2 Å². The largest absolute Gasteiger partial charge is 0.481 e. The summed E-state index contributed by atoms with van der Waals surface area (Å²) in [6.45, 7) is 2.08. The van der Waals surface area contributed by atoms with Crippen LogP contribution in [0.3, 0.4) is 0 Å². The Morgan fingerprint density at radius 1 is 1.35 bits per heavy atom. The second-order valence-corrected chi connectivity index (χ2v) is 5.21. The van der Waals surface area contributed by atoms with E-state index in [9.17, 15) is 4.79 Å². The van der Waals surface area contributed by atoms with Crippen molar-refractivity contribution in [3.05, 3.63) is 23.8 Å². The van der Waals surface area contributed by atoms with Gasteiger partial charge in [-0.25, -0.2) is 0 Å². The summed E-state index contributed by atoms with van der Waals surface area (Å²) in [6, 6.07) is 5.94. The number of carbonyl (C=O) groups is 1. The van der Waals surface area contributed by atoms with Gasteiger partial charge in [0, 0.05) is 17.0 Å². The van der Waals surface area contributed by atoms with Gasteiger partial charge in [-0.3, -0.25) is 4.79 Å². The highest BCUT2D eigenvalue weighted by Gasteiger charge is 2.00. The molecule has 0 bridgehead atoms. The molecule has 3 nitrogen and oxygen atoms in total. The molecule has 1 rings (SSSR count). The Balaban J connectivity index is 2.22. The number of benzene rings is 1. The Morgan fingerprint density at radius 3 is 2.82 bits per heavy atom. The van der Waals surface area contributed by atoms with Gasteiger partial charge in [0.1, 0.15) is 0 Å². The SMILES string of the molecule is Cc1ccc(N)cc1SCCCCCC(=O)O. The first-order valence-corrected chi connectivity index (χ1v) is 6.79. The van der Waals surface area contributed by atoms with E-state index >= 15 is 0 Å². The molecule has 0 fully saturated rings. The summed E-state index contributed by atoms with van der Waals surface area (Å²) in [7, 11) is 0. The highest BCUT2D eigenvalue weighted by molar-refractivity contribution is 7.99. The average Bonchev–Trinajstić information content (AvgIpc) is 2.27. The van der Waals surface area contributed by atoms with E-state index in [1.54, 1.807) is 11.8 Å². The van der Waals surface area contributed by atoms with Crippen molar-refractivity contribution in [3.8, 4) is 0 Å². The number of anilines is 1. The fourth-order valence-electron chi connectivity index (χ4n) is 1.51. The number of nitrogens with two attached hydrogens (primary N) is 1. The monoisotopic (exact) mass is 253 g/mol. The Bertz CT molecular complexity index is 380. The molecule has 0 saturated heterocycles. The quantitative estimate of drug-likeness (QED) is 0.444. The minimum Gasteiger partial charge on any atom is -0.481 e. The average molecular weight is 253 g/mol. The maximum atomic E-state index is 10.3. The fraction of sp³-hybridized carbons (Fsp3) is 0.462. The number of carboxylic acids is 1. The van der Waals surface area contributed by atoms with Gasteiger partial charge in [-0.2, -0.15) is 0 Å². The Kier molecular flexibility index (Phi) is 5.91. The lowest BCUT2D eigenvalue weighted by atomic mass is 10.2. The molecule has 0 spiro atoms. The van der Waals surface area contributed by atoms with Crippen LogP contribution in [0.4, 0.5) is 5.69 Å². The van der Waals surface area contributed by atoms with E-state index < -0.39 is 5.97 Å². The molecule has 0 amide bonds. The molecule has 0 aliphatic rings. The van der Waals surface area contributed by atoms with E-state index in [1.165, 1.54) is 10.5 Å². The first kappa shape index (κ1) is 13.9. The van der Waals surface area contributed by atoms with Crippen molar-refractivity contribution < 1.29 is 9.90 Å². The van der Waals surface area contributed by atoms with Crippen LogP contribution < -0.4 is 5.73 Å². The predicted molar refractivity (Wildman–Crippen MR) is 72.4 cm³/mol. The van der Waals surface area contributed by atoms with Gasteiger partial charge in [-0.05, 0) is 43.2 Å². The molecule has 0 aliphatic heterocycles. The number of aryl methyl sites for hydroxylation is 1. The standard InChI is InChI=1S/C13H19NO2S/c1-10-6-7-11(14)9-12(10)17-8-4-2-3-5-13(15)16/h6-7,9H,2-5,8,14H2,1H3,(H,15,16). The van der Waals surface area contributed by atoms with Gasteiger partial charge < -0.3 is 10.8 Å². The van der Waals surface area contributed by atoms with Crippen LogP contribution in [0, 0.1) is 6.92 Å². The topological polar surface area (TPSA) is 63.3 Å². The molecule has 0 unspecified atom stereocenters. The zero-order chi connectivity index (χ0) is 12.7. The molecule has 4 heteroatoms. The summed E-state index contributed by atoms with van der Waals surface area (Å²) in [5, 5.41) is 8.50. The molecule has 0 saturated carbocycles. The minimum atomic E-state index is -0.704. The van der Waals surface area contributed by atoms with Crippen molar-refractivity contribution in [2.75, 3.05) is 11.5 Å². The van der Waals surface area contributed by atoms with Crippen LogP contribution in [-0.2, 0) is 4.79 Å². The number of unbranched alkanes of at least 4 members (excludes halogenated alkanes) is 2. The van der Waals surface area contributed by atoms with Gasteiger partial charge in [0.25, 0.3) is 0 Å². The van der Waals surface area contributed by atoms with E-state index in [0.29, 0.717) is 0 Å². The predicted octanol–water partition coefficient (Wildman–Crippen LogP) is 3.31. The van der Waals surface area contributed by atoms with Crippen LogP contribution in [0.25, 0.3) is 0 Å². The third-order valence-electron chi connectivity index (χ3n) is 2.50. The molecule has 94 valence electrons. The zero-order valence-electron chi connectivity index (χ0n) is 10.1. The lowest BCUT2D eigenvalue weighted by Crippen LogP contribution is -1.94. The second-order valence-electron chi connectivity index (χ2n) is 4.08. The highest BCUT2D eigenvalue weighted by Crippen LogP contribution is 2.25. The summed E-state index contributed by atoms with van der Waals surface area (Å²) < 4.78 is 0. The lowest BCUT2D eigenvalue weighted by molar-refractivity contribution is -0.137. The van der Waals surface area contributed by atoms with Crippen LogP contribution >= 0.6 is 11.8 Å². The van der Waals surface area contributed by atoms with Crippen molar-refractivity contribution in [1.82, 2.24) is 0 Å². The van der Waals surface area contributed by atoms with Crippen molar-refractivity contribution >= 4 is 23.4 Å².